The van der Waals surface area contributed by atoms with Crippen LogP contribution in [0.15, 0.2) is 249 Å². The fourth-order valence-corrected chi connectivity index (χ4v) is 11.1. The van der Waals surface area contributed by atoms with Gasteiger partial charge in [-0.3, -0.25) is 0 Å². The van der Waals surface area contributed by atoms with Crippen molar-refractivity contribution in [3.63, 3.8) is 0 Å². The van der Waals surface area contributed by atoms with Crippen molar-refractivity contribution in [3.8, 4) is 55.6 Å². The summed E-state index contributed by atoms with van der Waals surface area (Å²) in [5.41, 5.74) is 23.1. The lowest BCUT2D eigenvalue weighted by Gasteiger charge is -2.31. The normalized spacial score (nSPS) is 16.6. The highest BCUT2D eigenvalue weighted by molar-refractivity contribution is 5.92. The van der Waals surface area contributed by atoms with Gasteiger partial charge in [-0.05, 0) is 145 Å². The highest BCUT2D eigenvalue weighted by atomic mass is 15.1. The van der Waals surface area contributed by atoms with Crippen molar-refractivity contribution in [1.29, 1.82) is 0 Å². The maximum Gasteiger partial charge on any atom is 0.0468 e. The molecule has 1 nitrogen and oxygen atoms in total. The first kappa shape index (κ1) is 38.7. The van der Waals surface area contributed by atoms with E-state index in [2.05, 4.69) is 267 Å². The van der Waals surface area contributed by atoms with Gasteiger partial charge in [-0.2, -0.15) is 0 Å². The van der Waals surface area contributed by atoms with Gasteiger partial charge in [-0.25, -0.2) is 0 Å². The molecule has 2 unspecified atom stereocenters. The lowest BCUT2D eigenvalue weighted by Crippen LogP contribution is -2.23. The van der Waals surface area contributed by atoms with E-state index in [1.807, 2.05) is 0 Å². The largest absolute Gasteiger partial charge is 0.310 e. The molecule has 0 aliphatic heterocycles. The zero-order chi connectivity index (χ0) is 43.5. The summed E-state index contributed by atoms with van der Waals surface area (Å²) in [7, 11) is 0. The Kier molecular flexibility index (Phi) is 9.14. The molecule has 0 fully saturated rings. The molecule has 2 aliphatic rings. The van der Waals surface area contributed by atoms with Crippen molar-refractivity contribution < 1.29 is 0 Å². The van der Waals surface area contributed by atoms with Crippen LogP contribution < -0.4 is 4.90 Å². The Hall–Kier alpha value is -8.00. The molecule has 0 N–H and O–H groups in total. The van der Waals surface area contributed by atoms with Gasteiger partial charge in [0.25, 0.3) is 0 Å². The van der Waals surface area contributed by atoms with Crippen LogP contribution in [0, 0.1) is 0 Å². The highest BCUT2D eigenvalue weighted by Crippen LogP contribution is 2.56. The van der Waals surface area contributed by atoms with Crippen LogP contribution >= 0.6 is 0 Å². The average Bonchev–Trinajstić information content (AvgIpc) is 3.80. The Morgan fingerprint density at radius 1 is 0.246 bits per heavy atom. The standard InChI is InChI=1S/C64H47N/c1-63(48-23-11-5-12-24-48)60-30-18-16-28-55(60)58-42-51(37-40-61(58)63)65(52-36-39-56-54-27-15-17-29-59(54)64(2,62(56)43-52)49-25-13-6-14-26-49)50-34-31-44(32-35-50)47-33-38-53(45-19-7-3-8-20-45)57(41-47)46-21-9-4-10-22-46/h3-43H,1-2H3. The summed E-state index contributed by atoms with van der Waals surface area (Å²) in [6, 6.07) is 91.8. The SMILES string of the molecule is CC1(c2ccccc2)c2ccccc2-c2cc(N(c3ccc(-c4ccc(-c5ccccc5)c(-c5ccccc5)c4)cc3)c3ccc4c(c3)C(C)(c3ccccc3)c3ccccc3-4)ccc21. The summed E-state index contributed by atoms with van der Waals surface area (Å²) in [6.07, 6.45) is 0. The van der Waals surface area contributed by atoms with Crippen LogP contribution in [0.2, 0.25) is 0 Å². The number of benzene rings is 10. The third-order valence-corrected chi connectivity index (χ3v) is 14.5. The van der Waals surface area contributed by atoms with Crippen molar-refractivity contribution in [2.24, 2.45) is 0 Å². The quantitative estimate of drug-likeness (QED) is 0.147. The van der Waals surface area contributed by atoms with E-state index in [0.29, 0.717) is 0 Å². The smallest absolute Gasteiger partial charge is 0.0468 e. The molecule has 10 aromatic rings. The van der Waals surface area contributed by atoms with Gasteiger partial charge in [0.2, 0.25) is 0 Å². The van der Waals surface area contributed by atoms with Crippen LogP contribution in [0.25, 0.3) is 55.6 Å². The summed E-state index contributed by atoms with van der Waals surface area (Å²) in [6.45, 7) is 4.79. The van der Waals surface area contributed by atoms with E-state index in [1.54, 1.807) is 0 Å². The first-order valence-electron chi connectivity index (χ1n) is 22.8. The molecule has 0 saturated carbocycles. The van der Waals surface area contributed by atoms with Crippen molar-refractivity contribution in [2.45, 2.75) is 24.7 Å². The predicted molar refractivity (Wildman–Crippen MR) is 272 cm³/mol. The van der Waals surface area contributed by atoms with E-state index in [0.717, 1.165) is 17.1 Å². The summed E-state index contributed by atoms with van der Waals surface area (Å²) < 4.78 is 0. The number of anilines is 3. The Balaban J connectivity index is 1.02. The molecule has 308 valence electrons. The third kappa shape index (κ3) is 6.15. The van der Waals surface area contributed by atoms with Crippen LogP contribution in [0.3, 0.4) is 0 Å². The van der Waals surface area contributed by atoms with E-state index in [-0.39, 0.29) is 10.8 Å². The zero-order valence-electron chi connectivity index (χ0n) is 36.6. The van der Waals surface area contributed by atoms with Crippen LogP contribution in [0.4, 0.5) is 17.1 Å². The maximum absolute atomic E-state index is 2.47. The minimum Gasteiger partial charge on any atom is -0.310 e. The monoisotopic (exact) mass is 829 g/mol. The van der Waals surface area contributed by atoms with Crippen molar-refractivity contribution in [1.82, 2.24) is 0 Å². The average molecular weight is 830 g/mol. The van der Waals surface area contributed by atoms with Crippen molar-refractivity contribution >= 4 is 17.1 Å². The number of fused-ring (bicyclic) bond motifs is 6. The topological polar surface area (TPSA) is 3.24 Å². The first-order chi connectivity index (χ1) is 32.0. The van der Waals surface area contributed by atoms with Crippen LogP contribution in [-0.2, 0) is 10.8 Å². The lowest BCUT2D eigenvalue weighted by molar-refractivity contribution is 0.713. The minimum absolute atomic E-state index is 0.274. The Labute approximate surface area is 382 Å². The molecule has 0 aromatic heterocycles. The van der Waals surface area contributed by atoms with Gasteiger partial charge in [-0.1, -0.05) is 206 Å². The molecule has 0 radical (unpaired) electrons. The highest BCUT2D eigenvalue weighted by Gasteiger charge is 2.42. The Morgan fingerprint density at radius 3 is 1.28 bits per heavy atom. The number of hydrogen-bond acceptors (Lipinski definition) is 1. The summed E-state index contributed by atoms with van der Waals surface area (Å²) >= 11 is 0. The van der Waals surface area contributed by atoms with Crippen LogP contribution in [0.1, 0.15) is 47.2 Å². The van der Waals surface area contributed by atoms with Gasteiger partial charge < -0.3 is 4.90 Å². The van der Waals surface area contributed by atoms with Gasteiger partial charge in [0, 0.05) is 27.9 Å². The molecule has 0 spiro atoms. The maximum atomic E-state index is 2.47. The summed E-state index contributed by atoms with van der Waals surface area (Å²) in [4.78, 5) is 2.47. The zero-order valence-corrected chi connectivity index (χ0v) is 36.6. The fraction of sp³-hybridized carbons (Fsp3) is 0.0625. The van der Waals surface area contributed by atoms with Crippen LogP contribution in [0.5, 0.6) is 0 Å². The second-order valence-corrected chi connectivity index (χ2v) is 17.9. The molecule has 0 amide bonds. The van der Waals surface area contributed by atoms with Gasteiger partial charge >= 0.3 is 0 Å². The molecular weight excluding hydrogens is 783 g/mol. The molecular formula is C64H47N. The molecule has 2 aliphatic carbocycles. The molecule has 65 heavy (non-hydrogen) atoms. The van der Waals surface area contributed by atoms with Gasteiger partial charge in [-0.15, -0.1) is 0 Å². The van der Waals surface area contributed by atoms with Gasteiger partial charge in [0.15, 0.2) is 0 Å². The van der Waals surface area contributed by atoms with E-state index in [1.165, 1.54) is 89.0 Å². The molecule has 1 heteroatoms. The van der Waals surface area contributed by atoms with Gasteiger partial charge in [0.1, 0.15) is 0 Å². The molecule has 0 bridgehead atoms. The lowest BCUT2D eigenvalue weighted by atomic mass is 9.74. The minimum atomic E-state index is -0.324. The molecule has 10 aromatic carbocycles. The molecule has 0 saturated heterocycles. The molecule has 12 rings (SSSR count). The molecule has 0 heterocycles. The second kappa shape index (κ2) is 15.4. The number of rotatable bonds is 8. The van der Waals surface area contributed by atoms with E-state index in [9.17, 15) is 0 Å². The van der Waals surface area contributed by atoms with Crippen LogP contribution in [-0.4, -0.2) is 0 Å². The van der Waals surface area contributed by atoms with Gasteiger partial charge in [0.05, 0.1) is 0 Å². The predicted octanol–water partition coefficient (Wildman–Crippen LogP) is 16.8. The molecule has 2 atom stereocenters. The van der Waals surface area contributed by atoms with Crippen molar-refractivity contribution in [3.05, 3.63) is 282 Å². The van der Waals surface area contributed by atoms with E-state index >= 15 is 0 Å². The third-order valence-electron chi connectivity index (χ3n) is 14.5. The van der Waals surface area contributed by atoms with E-state index < -0.39 is 0 Å². The number of hydrogen-bond donors (Lipinski definition) is 0. The number of nitrogens with zero attached hydrogens (tertiary/aromatic N) is 1. The van der Waals surface area contributed by atoms with E-state index in [4.69, 9.17) is 0 Å². The summed E-state index contributed by atoms with van der Waals surface area (Å²) in [5.74, 6) is 0. The Morgan fingerprint density at radius 2 is 0.662 bits per heavy atom. The Bertz CT molecular complexity index is 3370. The first-order valence-corrected chi connectivity index (χ1v) is 22.8. The summed E-state index contributed by atoms with van der Waals surface area (Å²) in [5, 5.41) is 0. The fourth-order valence-electron chi connectivity index (χ4n) is 11.1. The second-order valence-electron chi connectivity index (χ2n) is 17.9. The van der Waals surface area contributed by atoms with Crippen molar-refractivity contribution in [2.75, 3.05) is 4.90 Å².